The van der Waals surface area contributed by atoms with E-state index in [9.17, 15) is 22.0 Å². The molecule has 0 heterocycles. The highest BCUT2D eigenvalue weighted by molar-refractivity contribution is 5.68. The standard InChI is InChI=1S/C15H6F5N/c16-11-6-9(1-2-10(11)7-21)15-12(17)3-8(4-13(15)18)5-14(19)20/h1-6H. The van der Waals surface area contributed by atoms with Crippen LogP contribution in [-0.4, -0.2) is 0 Å². The van der Waals surface area contributed by atoms with E-state index < -0.39 is 29.1 Å². The summed E-state index contributed by atoms with van der Waals surface area (Å²) in [6.07, 6.45) is -1.78. The molecule has 0 aliphatic carbocycles. The van der Waals surface area contributed by atoms with Gasteiger partial charge in [0.05, 0.1) is 11.1 Å². The molecule has 2 aromatic carbocycles. The maximum Gasteiger partial charge on any atom is 0.270 e. The lowest BCUT2D eigenvalue weighted by Gasteiger charge is -2.07. The molecule has 0 saturated heterocycles. The zero-order valence-electron chi connectivity index (χ0n) is 10.3. The van der Waals surface area contributed by atoms with Crippen molar-refractivity contribution in [3.63, 3.8) is 0 Å². The first-order chi connectivity index (χ1) is 9.92. The minimum Gasteiger partial charge on any atom is -0.206 e. The normalized spacial score (nSPS) is 10.1. The molecule has 0 amide bonds. The summed E-state index contributed by atoms with van der Waals surface area (Å²) >= 11 is 0. The Kier molecular flexibility index (Phi) is 4.03. The zero-order chi connectivity index (χ0) is 15.6. The summed E-state index contributed by atoms with van der Waals surface area (Å²) in [7, 11) is 0. The SMILES string of the molecule is N#Cc1ccc(-c2c(F)cc(C=C(F)F)cc2F)cc1F. The van der Waals surface area contributed by atoms with E-state index in [0.29, 0.717) is 18.2 Å². The summed E-state index contributed by atoms with van der Waals surface area (Å²) in [4.78, 5) is 0. The van der Waals surface area contributed by atoms with Gasteiger partial charge in [0.1, 0.15) is 23.5 Å². The van der Waals surface area contributed by atoms with Crippen LogP contribution < -0.4 is 0 Å². The summed E-state index contributed by atoms with van der Waals surface area (Å²) < 4.78 is 65.4. The molecule has 0 fully saturated rings. The van der Waals surface area contributed by atoms with Crippen molar-refractivity contribution in [1.82, 2.24) is 0 Å². The lowest BCUT2D eigenvalue weighted by Crippen LogP contribution is -1.94. The molecule has 0 spiro atoms. The number of halogens is 5. The fraction of sp³-hybridized carbons (Fsp3) is 0. The van der Waals surface area contributed by atoms with E-state index >= 15 is 0 Å². The number of hydrogen-bond acceptors (Lipinski definition) is 1. The van der Waals surface area contributed by atoms with Gasteiger partial charge in [-0.25, -0.2) is 13.2 Å². The van der Waals surface area contributed by atoms with E-state index in [2.05, 4.69) is 0 Å². The number of rotatable bonds is 2. The molecule has 0 saturated carbocycles. The summed E-state index contributed by atoms with van der Waals surface area (Å²) in [6, 6.07) is 6.08. The summed E-state index contributed by atoms with van der Waals surface area (Å²) in [5, 5.41) is 8.59. The van der Waals surface area contributed by atoms with Gasteiger partial charge in [0.15, 0.2) is 0 Å². The van der Waals surface area contributed by atoms with Crippen molar-refractivity contribution in [3.05, 3.63) is 65.0 Å². The van der Waals surface area contributed by atoms with Crippen LogP contribution >= 0.6 is 0 Å². The highest BCUT2D eigenvalue weighted by Gasteiger charge is 2.15. The molecule has 0 radical (unpaired) electrons. The van der Waals surface area contributed by atoms with Crippen LogP contribution in [0.25, 0.3) is 17.2 Å². The molecule has 0 atom stereocenters. The molecule has 2 aromatic rings. The van der Waals surface area contributed by atoms with Gasteiger partial charge < -0.3 is 0 Å². The van der Waals surface area contributed by atoms with Gasteiger partial charge >= 0.3 is 0 Å². The average Bonchev–Trinajstić information content (AvgIpc) is 2.37. The third kappa shape index (κ3) is 3.08. The van der Waals surface area contributed by atoms with E-state index in [1.807, 2.05) is 0 Å². The van der Waals surface area contributed by atoms with Crippen LogP contribution in [0.3, 0.4) is 0 Å². The Balaban J connectivity index is 2.58. The van der Waals surface area contributed by atoms with Crippen molar-refractivity contribution in [2.45, 2.75) is 0 Å². The van der Waals surface area contributed by atoms with Gasteiger partial charge in [0.25, 0.3) is 6.08 Å². The van der Waals surface area contributed by atoms with Crippen molar-refractivity contribution in [2.75, 3.05) is 0 Å². The molecule has 0 unspecified atom stereocenters. The predicted octanol–water partition coefficient (Wildman–Crippen LogP) is 4.88. The number of nitriles is 1. The van der Waals surface area contributed by atoms with E-state index in [-0.39, 0.29) is 16.7 Å². The van der Waals surface area contributed by atoms with Crippen LogP contribution in [0.15, 0.2) is 36.4 Å². The Hall–Kier alpha value is -2.68. The molecule has 6 heteroatoms. The number of nitrogens with zero attached hydrogens (tertiary/aromatic N) is 1. The molecule has 0 aromatic heterocycles. The van der Waals surface area contributed by atoms with Crippen LogP contribution in [0.4, 0.5) is 22.0 Å². The van der Waals surface area contributed by atoms with Crippen LogP contribution in [0.2, 0.25) is 0 Å². The van der Waals surface area contributed by atoms with Crippen LogP contribution in [0, 0.1) is 28.8 Å². The summed E-state index contributed by atoms with van der Waals surface area (Å²) in [5.41, 5.74) is -1.28. The predicted molar refractivity (Wildman–Crippen MR) is 66.7 cm³/mol. The third-order valence-corrected chi connectivity index (χ3v) is 2.72. The van der Waals surface area contributed by atoms with Gasteiger partial charge in [0, 0.05) is 6.08 Å². The minimum atomic E-state index is -2.09. The van der Waals surface area contributed by atoms with Gasteiger partial charge in [-0.2, -0.15) is 14.0 Å². The Morgan fingerprint density at radius 1 is 0.952 bits per heavy atom. The van der Waals surface area contributed by atoms with Gasteiger partial charge in [-0.3, -0.25) is 0 Å². The van der Waals surface area contributed by atoms with Crippen LogP contribution in [-0.2, 0) is 0 Å². The molecule has 0 aliphatic heterocycles. The van der Waals surface area contributed by atoms with Crippen molar-refractivity contribution in [2.24, 2.45) is 0 Å². The Labute approximate surface area is 116 Å². The third-order valence-electron chi connectivity index (χ3n) is 2.72. The number of hydrogen-bond donors (Lipinski definition) is 0. The van der Waals surface area contributed by atoms with Gasteiger partial charge in [0.2, 0.25) is 0 Å². The van der Waals surface area contributed by atoms with E-state index in [4.69, 9.17) is 5.26 Å². The van der Waals surface area contributed by atoms with E-state index in [1.54, 1.807) is 6.07 Å². The van der Waals surface area contributed by atoms with E-state index in [1.165, 1.54) is 6.07 Å². The summed E-state index contributed by atoms with van der Waals surface area (Å²) in [6.45, 7) is 0. The smallest absolute Gasteiger partial charge is 0.206 e. The van der Waals surface area contributed by atoms with Gasteiger partial charge in [-0.1, -0.05) is 6.07 Å². The fourth-order valence-corrected chi connectivity index (χ4v) is 1.84. The second kappa shape index (κ2) is 5.75. The average molecular weight is 295 g/mol. The Morgan fingerprint density at radius 2 is 1.57 bits per heavy atom. The zero-order valence-corrected chi connectivity index (χ0v) is 10.3. The Bertz CT molecular complexity index is 747. The maximum absolute atomic E-state index is 13.9. The fourth-order valence-electron chi connectivity index (χ4n) is 1.84. The van der Waals surface area contributed by atoms with E-state index in [0.717, 1.165) is 12.1 Å². The minimum absolute atomic E-state index is 0.127. The van der Waals surface area contributed by atoms with Gasteiger partial charge in [-0.15, -0.1) is 0 Å². The molecule has 0 N–H and O–H groups in total. The second-order valence-electron chi connectivity index (χ2n) is 4.10. The van der Waals surface area contributed by atoms with Crippen molar-refractivity contribution in [3.8, 4) is 17.2 Å². The maximum atomic E-state index is 13.9. The molecular formula is C15H6F5N. The molecule has 106 valence electrons. The quantitative estimate of drug-likeness (QED) is 0.724. The highest BCUT2D eigenvalue weighted by Crippen LogP contribution is 2.29. The monoisotopic (exact) mass is 295 g/mol. The molecular weight excluding hydrogens is 289 g/mol. The van der Waals surface area contributed by atoms with Crippen molar-refractivity contribution < 1.29 is 22.0 Å². The highest BCUT2D eigenvalue weighted by atomic mass is 19.3. The van der Waals surface area contributed by atoms with Gasteiger partial charge in [-0.05, 0) is 35.4 Å². The summed E-state index contributed by atoms with van der Waals surface area (Å²) in [5.74, 6) is -3.13. The molecule has 1 nitrogen and oxygen atoms in total. The topological polar surface area (TPSA) is 23.8 Å². The second-order valence-corrected chi connectivity index (χ2v) is 4.10. The first-order valence-electron chi connectivity index (χ1n) is 5.64. The first-order valence-corrected chi connectivity index (χ1v) is 5.64. The van der Waals surface area contributed by atoms with Crippen LogP contribution in [0.1, 0.15) is 11.1 Å². The molecule has 2 rings (SSSR count). The lowest BCUT2D eigenvalue weighted by molar-refractivity contribution is 0.429. The van der Waals surface area contributed by atoms with Crippen LogP contribution in [0.5, 0.6) is 0 Å². The van der Waals surface area contributed by atoms with Crippen molar-refractivity contribution in [1.29, 1.82) is 5.26 Å². The molecule has 0 bridgehead atoms. The molecule has 0 aliphatic rings. The molecule has 21 heavy (non-hydrogen) atoms. The first kappa shape index (κ1) is 14.7. The lowest BCUT2D eigenvalue weighted by atomic mass is 10.0. The van der Waals surface area contributed by atoms with Crippen molar-refractivity contribution >= 4 is 6.08 Å². The Morgan fingerprint density at radius 3 is 2.05 bits per heavy atom. The number of benzene rings is 2. The largest absolute Gasteiger partial charge is 0.270 e.